The summed E-state index contributed by atoms with van der Waals surface area (Å²) >= 11 is 3.42. The molecule has 7 heteroatoms. The van der Waals surface area contributed by atoms with Crippen molar-refractivity contribution in [2.45, 2.75) is 26.4 Å². The summed E-state index contributed by atoms with van der Waals surface area (Å²) in [6.45, 7) is 5.36. The third-order valence-corrected chi connectivity index (χ3v) is 3.31. The van der Waals surface area contributed by atoms with E-state index in [0.29, 0.717) is 5.52 Å². The molecule has 0 aliphatic heterocycles. The van der Waals surface area contributed by atoms with Crippen LogP contribution in [0.1, 0.15) is 31.1 Å². The summed E-state index contributed by atoms with van der Waals surface area (Å²) in [6, 6.07) is 7.22. The number of hydrogen-bond acceptors (Lipinski definition) is 4. The number of rotatable bonds is 2. The van der Waals surface area contributed by atoms with Crippen LogP contribution in [0.4, 0.5) is 5.82 Å². The molecule has 2 aromatic rings. The molecule has 0 amide bonds. The lowest BCUT2D eigenvalue weighted by atomic mass is 10.1. The quantitative estimate of drug-likeness (QED) is 0.431. The molecule has 22 heavy (non-hydrogen) atoms. The number of halogens is 1. The minimum absolute atomic E-state index is 0.196. The number of guanidine groups is 1. The van der Waals surface area contributed by atoms with Gasteiger partial charge in [0.25, 0.3) is 0 Å². The number of pyridine rings is 1. The van der Waals surface area contributed by atoms with Gasteiger partial charge in [0.15, 0.2) is 5.96 Å². The summed E-state index contributed by atoms with van der Waals surface area (Å²) in [4.78, 5) is 16.8. The van der Waals surface area contributed by atoms with Gasteiger partial charge in [0.2, 0.25) is 0 Å². The number of nitrogens with zero attached hydrogens (tertiary/aromatic N) is 1. The van der Waals surface area contributed by atoms with Crippen molar-refractivity contribution in [3.05, 3.63) is 34.3 Å². The smallest absolute Gasteiger partial charge is 0.342 e. The molecule has 0 spiro atoms. The molecule has 0 atom stereocenters. The highest BCUT2D eigenvalue weighted by molar-refractivity contribution is 9.10. The molecule has 4 N–H and O–H groups in total. The second kappa shape index (κ2) is 5.92. The average Bonchev–Trinajstić information content (AvgIpc) is 2.36. The Hall–Kier alpha value is -2.15. The van der Waals surface area contributed by atoms with E-state index in [0.717, 1.165) is 9.86 Å². The molecule has 1 aromatic heterocycles. The van der Waals surface area contributed by atoms with Crippen LogP contribution in [0, 0.1) is 5.41 Å². The van der Waals surface area contributed by atoms with E-state index in [4.69, 9.17) is 15.9 Å². The van der Waals surface area contributed by atoms with Crippen molar-refractivity contribution in [3.8, 4) is 0 Å². The zero-order valence-electron chi connectivity index (χ0n) is 12.5. The van der Waals surface area contributed by atoms with Gasteiger partial charge < -0.3 is 15.8 Å². The predicted molar refractivity (Wildman–Crippen MR) is 90.1 cm³/mol. The minimum atomic E-state index is -0.628. The molecule has 0 saturated carbocycles. The largest absolute Gasteiger partial charge is 0.456 e. The number of ether oxygens (including phenoxy) is 1. The van der Waals surface area contributed by atoms with Gasteiger partial charge in [-0.2, -0.15) is 0 Å². The molecular weight excluding hydrogens is 348 g/mol. The first-order chi connectivity index (χ1) is 10.2. The SMILES string of the molecule is CC(C)(C)OC(=O)c1cc2cccc(Br)c2nc1NC(=N)N. The first kappa shape index (κ1) is 16.2. The zero-order valence-corrected chi connectivity index (χ0v) is 14.1. The van der Waals surface area contributed by atoms with Crippen LogP contribution >= 0.6 is 15.9 Å². The summed E-state index contributed by atoms with van der Waals surface area (Å²) in [5.41, 5.74) is 5.64. The number of carbonyl (C=O) groups is 1. The van der Waals surface area contributed by atoms with Crippen molar-refractivity contribution >= 4 is 44.6 Å². The highest BCUT2D eigenvalue weighted by Gasteiger charge is 2.22. The van der Waals surface area contributed by atoms with Crippen LogP contribution < -0.4 is 11.1 Å². The first-order valence-corrected chi connectivity index (χ1v) is 7.40. The highest BCUT2D eigenvalue weighted by atomic mass is 79.9. The number of aromatic nitrogens is 1. The lowest BCUT2D eigenvalue weighted by Gasteiger charge is -2.20. The Balaban J connectivity index is 2.59. The van der Waals surface area contributed by atoms with E-state index in [1.165, 1.54) is 0 Å². The number of fused-ring (bicyclic) bond motifs is 1. The van der Waals surface area contributed by atoms with Gasteiger partial charge in [-0.25, -0.2) is 9.78 Å². The van der Waals surface area contributed by atoms with Gasteiger partial charge in [-0.3, -0.25) is 5.41 Å². The summed E-state index contributed by atoms with van der Waals surface area (Å²) in [7, 11) is 0. The first-order valence-electron chi connectivity index (χ1n) is 6.61. The second-order valence-electron chi connectivity index (χ2n) is 5.74. The molecule has 0 aliphatic rings. The maximum Gasteiger partial charge on any atom is 0.342 e. The molecular formula is C15H17BrN4O2. The Labute approximate surface area is 136 Å². The molecule has 116 valence electrons. The number of nitrogens with two attached hydrogens (primary N) is 1. The minimum Gasteiger partial charge on any atom is -0.456 e. The molecule has 1 heterocycles. The van der Waals surface area contributed by atoms with E-state index in [1.54, 1.807) is 26.8 Å². The van der Waals surface area contributed by atoms with E-state index in [1.807, 2.05) is 18.2 Å². The molecule has 2 rings (SSSR count). The van der Waals surface area contributed by atoms with Gasteiger partial charge in [0, 0.05) is 9.86 Å². The molecule has 0 radical (unpaired) electrons. The molecule has 0 bridgehead atoms. The lowest BCUT2D eigenvalue weighted by molar-refractivity contribution is 0.00706. The molecule has 0 unspecified atom stereocenters. The number of benzene rings is 1. The molecule has 6 nitrogen and oxygen atoms in total. The normalized spacial score (nSPS) is 11.3. The van der Waals surface area contributed by atoms with Gasteiger partial charge in [-0.1, -0.05) is 12.1 Å². The number of hydrogen-bond donors (Lipinski definition) is 3. The number of anilines is 1. The summed E-state index contributed by atoms with van der Waals surface area (Å²) in [6.07, 6.45) is 0. The van der Waals surface area contributed by atoms with E-state index in [-0.39, 0.29) is 17.3 Å². The molecule has 0 fully saturated rings. The van der Waals surface area contributed by atoms with Gasteiger partial charge >= 0.3 is 5.97 Å². The fraction of sp³-hybridized carbons (Fsp3) is 0.267. The lowest BCUT2D eigenvalue weighted by Crippen LogP contribution is -2.27. The van der Waals surface area contributed by atoms with Crippen molar-refractivity contribution in [1.82, 2.24) is 4.98 Å². The Kier molecular flexibility index (Phi) is 4.37. The predicted octanol–water partition coefficient (Wildman–Crippen LogP) is 3.26. The maximum atomic E-state index is 12.4. The number of para-hydroxylation sites is 1. The average molecular weight is 365 g/mol. The molecule has 0 saturated heterocycles. The van der Waals surface area contributed by atoms with Crippen molar-refractivity contribution in [1.29, 1.82) is 5.41 Å². The number of carbonyl (C=O) groups excluding carboxylic acids is 1. The Bertz CT molecular complexity index is 753. The van der Waals surface area contributed by atoms with Gasteiger partial charge in [-0.05, 0) is 48.8 Å². The van der Waals surface area contributed by atoms with Crippen LogP contribution in [0.3, 0.4) is 0 Å². The Morgan fingerprint density at radius 3 is 2.68 bits per heavy atom. The van der Waals surface area contributed by atoms with Crippen molar-refractivity contribution in [3.63, 3.8) is 0 Å². The zero-order chi connectivity index (χ0) is 16.5. The van der Waals surface area contributed by atoms with E-state index in [2.05, 4.69) is 26.2 Å². The van der Waals surface area contributed by atoms with Crippen LogP contribution in [-0.4, -0.2) is 22.5 Å². The Morgan fingerprint density at radius 1 is 1.41 bits per heavy atom. The van der Waals surface area contributed by atoms with Gasteiger partial charge in [0.1, 0.15) is 17.0 Å². The van der Waals surface area contributed by atoms with Crippen molar-refractivity contribution in [2.24, 2.45) is 5.73 Å². The highest BCUT2D eigenvalue weighted by Crippen LogP contribution is 2.27. The van der Waals surface area contributed by atoms with Gasteiger partial charge in [-0.15, -0.1) is 0 Å². The third kappa shape index (κ3) is 3.73. The molecule has 1 aromatic carbocycles. The van der Waals surface area contributed by atoms with Crippen LogP contribution in [0.25, 0.3) is 10.9 Å². The topological polar surface area (TPSA) is 101 Å². The summed E-state index contributed by atoms with van der Waals surface area (Å²) in [5.74, 6) is -0.629. The standard InChI is InChI=1S/C15H17BrN4O2/c1-15(2,3)22-13(21)9-7-8-5-4-6-10(16)11(8)19-12(9)20-14(17)18/h4-7H,1-3H3,(H4,17,18,19,20). The van der Waals surface area contributed by atoms with Crippen LogP contribution in [0.2, 0.25) is 0 Å². The number of nitrogens with one attached hydrogen (secondary N) is 2. The summed E-state index contributed by atoms with van der Waals surface area (Å²) in [5, 5.41) is 10.7. The van der Waals surface area contributed by atoms with Crippen LogP contribution in [0.5, 0.6) is 0 Å². The van der Waals surface area contributed by atoms with Crippen LogP contribution in [0.15, 0.2) is 28.7 Å². The molecule has 0 aliphatic carbocycles. The van der Waals surface area contributed by atoms with Crippen molar-refractivity contribution < 1.29 is 9.53 Å². The van der Waals surface area contributed by atoms with E-state index >= 15 is 0 Å². The fourth-order valence-electron chi connectivity index (χ4n) is 1.87. The van der Waals surface area contributed by atoms with Gasteiger partial charge in [0.05, 0.1) is 5.52 Å². The number of esters is 1. The monoisotopic (exact) mass is 364 g/mol. The van der Waals surface area contributed by atoms with Crippen LogP contribution in [-0.2, 0) is 4.74 Å². The second-order valence-corrected chi connectivity index (χ2v) is 6.59. The maximum absolute atomic E-state index is 12.4. The summed E-state index contributed by atoms with van der Waals surface area (Å²) < 4.78 is 6.17. The Morgan fingerprint density at radius 2 is 2.09 bits per heavy atom. The van der Waals surface area contributed by atoms with Crippen molar-refractivity contribution in [2.75, 3.05) is 5.32 Å². The fourth-order valence-corrected chi connectivity index (χ4v) is 2.34. The third-order valence-electron chi connectivity index (χ3n) is 2.67. The van der Waals surface area contributed by atoms with E-state index in [9.17, 15) is 4.79 Å². The van der Waals surface area contributed by atoms with E-state index < -0.39 is 11.6 Å².